The predicted molar refractivity (Wildman–Crippen MR) is 66.8 cm³/mol. The highest BCUT2D eigenvalue weighted by Crippen LogP contribution is 2.24. The largest absolute Gasteiger partial charge is 0.457 e. The first kappa shape index (κ1) is 16.2. The summed E-state index contributed by atoms with van der Waals surface area (Å²) in [5.41, 5.74) is -1.22. The normalized spacial score (nSPS) is 10.6. The van der Waals surface area contributed by atoms with Crippen LogP contribution in [-0.2, 0) is 11.3 Å². The Labute approximate surface area is 126 Å². The molecule has 0 fully saturated rings. The third-order valence-corrected chi connectivity index (χ3v) is 2.95. The molecule has 0 aliphatic rings. The van der Waals surface area contributed by atoms with Gasteiger partial charge in [0.2, 0.25) is 5.82 Å². The second-order valence-electron chi connectivity index (χ2n) is 4.15. The van der Waals surface area contributed by atoms with E-state index in [0.717, 1.165) is 0 Å². The lowest BCUT2D eigenvalue weighted by molar-refractivity contribution is 0.0458. The van der Waals surface area contributed by atoms with Crippen molar-refractivity contribution >= 4 is 17.6 Å². The Hall–Kier alpha value is -2.15. The van der Waals surface area contributed by atoms with Crippen LogP contribution in [0.4, 0.5) is 22.0 Å². The molecule has 0 amide bonds. The summed E-state index contributed by atoms with van der Waals surface area (Å²) in [6.07, 6.45) is 0. The molecule has 0 radical (unpaired) electrons. The monoisotopic (exact) mass is 336 g/mol. The number of halogens is 6. The van der Waals surface area contributed by atoms with Crippen LogP contribution in [-0.4, -0.2) is 5.97 Å². The number of hydrogen-bond acceptors (Lipinski definition) is 2. The average Bonchev–Trinajstić information content (AvgIpc) is 2.50. The minimum absolute atomic E-state index is 0.412. The SMILES string of the molecule is O=C(OCc1ccc(Cl)cc1)c1c(F)c(F)c(F)c(F)c1F. The number of rotatable bonds is 3. The second kappa shape index (κ2) is 6.31. The maximum atomic E-state index is 13.4. The Morgan fingerprint density at radius 2 is 1.32 bits per heavy atom. The van der Waals surface area contributed by atoms with E-state index in [1.807, 2.05) is 0 Å². The lowest BCUT2D eigenvalue weighted by atomic mass is 10.1. The summed E-state index contributed by atoms with van der Waals surface area (Å²) < 4.78 is 70.2. The van der Waals surface area contributed by atoms with Crippen LogP contribution in [0.5, 0.6) is 0 Å². The molecule has 0 aromatic heterocycles. The van der Waals surface area contributed by atoms with Gasteiger partial charge in [0.1, 0.15) is 12.2 Å². The number of esters is 1. The molecule has 0 saturated heterocycles. The van der Waals surface area contributed by atoms with Crippen molar-refractivity contribution < 1.29 is 31.5 Å². The Kier molecular flexibility index (Phi) is 4.65. The summed E-state index contributed by atoms with van der Waals surface area (Å²) in [4.78, 5) is 11.6. The molecule has 2 aromatic rings. The van der Waals surface area contributed by atoms with Crippen molar-refractivity contribution in [1.29, 1.82) is 0 Å². The van der Waals surface area contributed by atoms with Crippen LogP contribution in [0, 0.1) is 29.1 Å². The van der Waals surface area contributed by atoms with E-state index in [4.69, 9.17) is 11.6 Å². The summed E-state index contributed by atoms with van der Waals surface area (Å²) >= 11 is 5.64. The van der Waals surface area contributed by atoms with E-state index in [9.17, 15) is 26.7 Å². The molecule has 22 heavy (non-hydrogen) atoms. The third kappa shape index (κ3) is 3.04. The molecule has 0 spiro atoms. The molecule has 0 heterocycles. The second-order valence-corrected chi connectivity index (χ2v) is 4.58. The summed E-state index contributed by atoms with van der Waals surface area (Å²) in [7, 11) is 0. The number of hydrogen-bond donors (Lipinski definition) is 0. The van der Waals surface area contributed by atoms with Crippen molar-refractivity contribution in [3.63, 3.8) is 0 Å². The minimum Gasteiger partial charge on any atom is -0.457 e. The van der Waals surface area contributed by atoms with E-state index >= 15 is 0 Å². The van der Waals surface area contributed by atoms with Crippen LogP contribution < -0.4 is 0 Å². The molecule has 2 nitrogen and oxygen atoms in total. The van der Waals surface area contributed by atoms with Crippen LogP contribution in [0.2, 0.25) is 5.02 Å². The zero-order chi connectivity index (χ0) is 16.4. The molecule has 0 atom stereocenters. The Morgan fingerprint density at radius 1 is 0.864 bits per heavy atom. The van der Waals surface area contributed by atoms with Gasteiger partial charge >= 0.3 is 5.97 Å². The average molecular weight is 337 g/mol. The maximum Gasteiger partial charge on any atom is 0.344 e. The van der Waals surface area contributed by atoms with Crippen LogP contribution in [0.1, 0.15) is 15.9 Å². The van der Waals surface area contributed by atoms with Gasteiger partial charge < -0.3 is 4.74 Å². The van der Waals surface area contributed by atoms with Crippen molar-refractivity contribution in [1.82, 2.24) is 0 Å². The first-order valence-electron chi connectivity index (χ1n) is 5.76. The smallest absolute Gasteiger partial charge is 0.344 e. The molecular weight excluding hydrogens is 331 g/mol. The fraction of sp³-hybridized carbons (Fsp3) is 0.0714. The lowest BCUT2D eigenvalue weighted by Gasteiger charge is -2.08. The van der Waals surface area contributed by atoms with Gasteiger partial charge in [-0.2, -0.15) is 0 Å². The van der Waals surface area contributed by atoms with Crippen molar-refractivity contribution in [3.05, 3.63) is 69.5 Å². The summed E-state index contributed by atoms with van der Waals surface area (Å²) in [6.45, 7) is -0.421. The van der Waals surface area contributed by atoms with Gasteiger partial charge in [0.25, 0.3) is 0 Å². The minimum atomic E-state index is -2.34. The molecule has 0 bridgehead atoms. The van der Waals surface area contributed by atoms with Crippen molar-refractivity contribution in [2.75, 3.05) is 0 Å². The van der Waals surface area contributed by atoms with Crippen molar-refractivity contribution in [3.8, 4) is 0 Å². The molecule has 0 aliphatic carbocycles. The molecule has 8 heteroatoms. The molecule has 2 rings (SSSR count). The van der Waals surface area contributed by atoms with Gasteiger partial charge in [-0.05, 0) is 17.7 Å². The van der Waals surface area contributed by atoms with E-state index in [0.29, 0.717) is 10.6 Å². The van der Waals surface area contributed by atoms with Crippen molar-refractivity contribution in [2.45, 2.75) is 6.61 Å². The quantitative estimate of drug-likeness (QED) is 0.359. The van der Waals surface area contributed by atoms with Gasteiger partial charge in [-0.25, -0.2) is 26.7 Å². The molecular formula is C14H6ClF5O2. The van der Waals surface area contributed by atoms with Crippen LogP contribution in [0.25, 0.3) is 0 Å². The summed E-state index contributed by atoms with van der Waals surface area (Å²) in [5.74, 6) is -12.9. The van der Waals surface area contributed by atoms with Gasteiger partial charge in [-0.3, -0.25) is 0 Å². The Bertz CT molecular complexity index is 702. The summed E-state index contributed by atoms with van der Waals surface area (Å²) in [6, 6.07) is 5.88. The molecule has 2 aromatic carbocycles. The Morgan fingerprint density at radius 3 is 1.82 bits per heavy atom. The fourth-order valence-electron chi connectivity index (χ4n) is 1.59. The number of carbonyl (C=O) groups excluding carboxylic acids is 1. The highest BCUT2D eigenvalue weighted by atomic mass is 35.5. The molecule has 0 N–H and O–H groups in total. The fourth-order valence-corrected chi connectivity index (χ4v) is 1.71. The predicted octanol–water partition coefficient (Wildman–Crippen LogP) is 4.39. The topological polar surface area (TPSA) is 26.3 Å². The van der Waals surface area contributed by atoms with Gasteiger partial charge in [0, 0.05) is 5.02 Å². The van der Waals surface area contributed by atoms with E-state index in [2.05, 4.69) is 4.74 Å². The van der Waals surface area contributed by atoms with E-state index in [1.54, 1.807) is 0 Å². The molecule has 116 valence electrons. The highest BCUT2D eigenvalue weighted by molar-refractivity contribution is 6.30. The summed E-state index contributed by atoms with van der Waals surface area (Å²) in [5, 5.41) is 0.412. The van der Waals surface area contributed by atoms with Gasteiger partial charge in [-0.1, -0.05) is 23.7 Å². The van der Waals surface area contributed by atoms with E-state index in [-0.39, 0.29) is 0 Å². The number of benzene rings is 2. The first-order chi connectivity index (χ1) is 10.3. The highest BCUT2D eigenvalue weighted by Gasteiger charge is 2.30. The van der Waals surface area contributed by atoms with Crippen LogP contribution >= 0.6 is 11.6 Å². The zero-order valence-corrected chi connectivity index (χ0v) is 11.4. The van der Waals surface area contributed by atoms with Crippen LogP contribution in [0.3, 0.4) is 0 Å². The van der Waals surface area contributed by atoms with Crippen LogP contribution in [0.15, 0.2) is 24.3 Å². The Balaban J connectivity index is 2.25. The van der Waals surface area contributed by atoms with E-state index in [1.165, 1.54) is 24.3 Å². The number of ether oxygens (including phenoxy) is 1. The van der Waals surface area contributed by atoms with Gasteiger partial charge in [0.15, 0.2) is 23.3 Å². The van der Waals surface area contributed by atoms with Gasteiger partial charge in [0.05, 0.1) is 0 Å². The van der Waals surface area contributed by atoms with Crippen molar-refractivity contribution in [2.24, 2.45) is 0 Å². The zero-order valence-electron chi connectivity index (χ0n) is 10.6. The lowest BCUT2D eigenvalue weighted by Crippen LogP contribution is -2.15. The number of carbonyl (C=O) groups is 1. The van der Waals surface area contributed by atoms with E-state index < -0.39 is 47.2 Å². The van der Waals surface area contributed by atoms with Gasteiger partial charge in [-0.15, -0.1) is 0 Å². The standard InChI is InChI=1S/C14H6ClF5O2/c15-7-3-1-6(2-4-7)5-22-14(21)8-9(16)11(18)13(20)12(19)10(8)17/h1-4H,5H2. The molecule has 0 aliphatic heterocycles. The third-order valence-electron chi connectivity index (χ3n) is 2.70. The maximum absolute atomic E-state index is 13.4. The molecule has 0 unspecified atom stereocenters. The first-order valence-corrected chi connectivity index (χ1v) is 6.13. The molecule has 0 saturated carbocycles.